The Kier molecular flexibility index (Phi) is 7.38. The van der Waals surface area contributed by atoms with E-state index in [9.17, 15) is 4.79 Å². The summed E-state index contributed by atoms with van der Waals surface area (Å²) in [4.78, 5) is 15.5. The first kappa shape index (κ1) is 22.2. The summed E-state index contributed by atoms with van der Waals surface area (Å²) in [7, 11) is 0. The van der Waals surface area contributed by atoms with Crippen molar-refractivity contribution in [2.24, 2.45) is 0 Å². The monoisotopic (exact) mass is 409 g/mol. The lowest BCUT2D eigenvalue weighted by atomic mass is 10.1. The van der Waals surface area contributed by atoms with Gasteiger partial charge in [0, 0.05) is 24.7 Å². The summed E-state index contributed by atoms with van der Waals surface area (Å²) >= 11 is 0. The molecule has 3 rings (SSSR count). The van der Waals surface area contributed by atoms with E-state index in [0.29, 0.717) is 12.2 Å². The van der Waals surface area contributed by atoms with Crippen LogP contribution in [0.1, 0.15) is 61.0 Å². The average Bonchev–Trinajstić information content (AvgIpc) is 3.22. The molecule has 1 amide bonds. The summed E-state index contributed by atoms with van der Waals surface area (Å²) < 4.78 is 7.88. The summed E-state index contributed by atoms with van der Waals surface area (Å²) in [5.41, 5.74) is 4.77. The van der Waals surface area contributed by atoms with Crippen LogP contribution < -0.4 is 5.32 Å². The van der Waals surface area contributed by atoms with Gasteiger partial charge in [-0.25, -0.2) is 0 Å². The van der Waals surface area contributed by atoms with Gasteiger partial charge in [-0.15, -0.1) is 0 Å². The fourth-order valence-corrected chi connectivity index (χ4v) is 4.05. The van der Waals surface area contributed by atoms with Crippen LogP contribution in [-0.4, -0.2) is 41.1 Å². The van der Waals surface area contributed by atoms with Crippen LogP contribution in [0.4, 0.5) is 0 Å². The van der Waals surface area contributed by atoms with Gasteiger partial charge in [-0.2, -0.15) is 0 Å². The number of aryl methyl sites for hydroxylation is 2. The molecule has 0 fully saturated rings. The van der Waals surface area contributed by atoms with Crippen LogP contribution in [0.2, 0.25) is 0 Å². The van der Waals surface area contributed by atoms with Gasteiger partial charge in [0.2, 0.25) is 0 Å². The van der Waals surface area contributed by atoms with Gasteiger partial charge in [-0.1, -0.05) is 43.7 Å². The normalized spacial score (nSPS) is 12.6. The van der Waals surface area contributed by atoms with E-state index >= 15 is 0 Å². The number of nitrogens with one attached hydrogen (secondary N) is 1. The maximum Gasteiger partial charge on any atom is 0.268 e. The predicted octanol–water partition coefficient (Wildman–Crippen LogP) is 5.14. The predicted molar refractivity (Wildman–Crippen MR) is 123 cm³/mol. The first-order chi connectivity index (χ1) is 14.4. The summed E-state index contributed by atoms with van der Waals surface area (Å²) in [6, 6.07) is 12.4. The van der Waals surface area contributed by atoms with Gasteiger partial charge in [0.1, 0.15) is 11.5 Å². The van der Waals surface area contributed by atoms with Crippen LogP contribution >= 0.6 is 0 Å². The standard InChI is InChI=1S/C25H35N3O2/c1-6-27(7-2)13-9-11-19(4)26-25(29)23-16-24-22(15-20(5)30-24)28(23)17-21-12-8-10-18(3)14-21/h8,10,12,14-16,19H,6-7,9,11,13,17H2,1-5H3,(H,26,29). The summed E-state index contributed by atoms with van der Waals surface area (Å²) in [5, 5.41) is 3.19. The number of amides is 1. The van der Waals surface area contributed by atoms with Crippen molar-refractivity contribution in [2.75, 3.05) is 19.6 Å². The molecule has 2 heterocycles. The number of fused-ring (bicyclic) bond motifs is 1. The Morgan fingerprint density at radius 3 is 2.63 bits per heavy atom. The average molecular weight is 410 g/mol. The van der Waals surface area contributed by atoms with Crippen molar-refractivity contribution in [2.45, 2.75) is 60.0 Å². The van der Waals surface area contributed by atoms with Gasteiger partial charge < -0.3 is 19.2 Å². The van der Waals surface area contributed by atoms with Crippen molar-refractivity contribution in [3.05, 3.63) is 59.0 Å². The molecule has 3 aromatic rings. The second kappa shape index (κ2) is 9.98. The van der Waals surface area contributed by atoms with E-state index in [1.807, 2.05) is 19.1 Å². The number of carbonyl (C=O) groups is 1. The summed E-state index contributed by atoms with van der Waals surface area (Å²) in [5.74, 6) is 0.816. The minimum Gasteiger partial charge on any atom is -0.460 e. The van der Waals surface area contributed by atoms with Gasteiger partial charge in [0.05, 0.1) is 5.52 Å². The van der Waals surface area contributed by atoms with E-state index in [0.717, 1.165) is 49.3 Å². The Balaban J connectivity index is 1.74. The molecule has 0 saturated heterocycles. The van der Waals surface area contributed by atoms with Crippen LogP contribution in [0.25, 0.3) is 11.1 Å². The number of carbonyl (C=O) groups excluding carboxylic acids is 1. The number of rotatable bonds is 10. The van der Waals surface area contributed by atoms with Gasteiger partial charge in [0.15, 0.2) is 5.58 Å². The zero-order valence-corrected chi connectivity index (χ0v) is 19.0. The molecule has 0 radical (unpaired) electrons. The Morgan fingerprint density at radius 1 is 1.17 bits per heavy atom. The molecule has 0 spiro atoms. The van der Waals surface area contributed by atoms with E-state index < -0.39 is 0 Å². The van der Waals surface area contributed by atoms with E-state index in [1.54, 1.807) is 0 Å². The topological polar surface area (TPSA) is 50.4 Å². The zero-order chi connectivity index (χ0) is 21.7. The Labute approximate surface area is 180 Å². The number of hydrogen-bond acceptors (Lipinski definition) is 3. The fraction of sp³-hybridized carbons (Fsp3) is 0.480. The van der Waals surface area contributed by atoms with Gasteiger partial charge >= 0.3 is 0 Å². The lowest BCUT2D eigenvalue weighted by Crippen LogP contribution is -2.35. The van der Waals surface area contributed by atoms with E-state index in [4.69, 9.17) is 4.42 Å². The van der Waals surface area contributed by atoms with Crippen LogP contribution in [0.3, 0.4) is 0 Å². The molecule has 1 atom stereocenters. The minimum atomic E-state index is -0.0398. The smallest absolute Gasteiger partial charge is 0.268 e. The molecule has 1 aromatic carbocycles. The molecule has 0 saturated carbocycles. The van der Waals surface area contributed by atoms with Crippen LogP contribution in [-0.2, 0) is 6.54 Å². The van der Waals surface area contributed by atoms with Crippen molar-refractivity contribution in [3.63, 3.8) is 0 Å². The van der Waals surface area contributed by atoms with Crippen molar-refractivity contribution in [1.29, 1.82) is 0 Å². The third-order valence-electron chi connectivity index (χ3n) is 5.75. The molecular weight excluding hydrogens is 374 g/mol. The van der Waals surface area contributed by atoms with E-state index in [2.05, 4.69) is 66.7 Å². The molecule has 162 valence electrons. The molecule has 5 nitrogen and oxygen atoms in total. The largest absolute Gasteiger partial charge is 0.460 e. The fourth-order valence-electron chi connectivity index (χ4n) is 4.05. The Hall–Kier alpha value is -2.53. The third kappa shape index (κ3) is 5.33. The van der Waals surface area contributed by atoms with Gasteiger partial charge in [0.25, 0.3) is 5.91 Å². The van der Waals surface area contributed by atoms with Crippen LogP contribution in [0.15, 0.2) is 40.8 Å². The molecule has 0 aliphatic heterocycles. The Bertz CT molecular complexity index is 982. The molecule has 30 heavy (non-hydrogen) atoms. The van der Waals surface area contributed by atoms with Crippen LogP contribution in [0, 0.1) is 13.8 Å². The van der Waals surface area contributed by atoms with Crippen molar-refractivity contribution in [1.82, 2.24) is 14.8 Å². The quantitative estimate of drug-likeness (QED) is 0.504. The number of aromatic nitrogens is 1. The molecule has 0 bridgehead atoms. The maximum atomic E-state index is 13.1. The van der Waals surface area contributed by atoms with Gasteiger partial charge in [-0.05, 0) is 58.8 Å². The minimum absolute atomic E-state index is 0.0398. The highest BCUT2D eigenvalue weighted by Gasteiger charge is 2.20. The SMILES string of the molecule is CCN(CC)CCCC(C)NC(=O)c1cc2oc(C)cc2n1Cc1cccc(C)c1. The molecule has 2 aromatic heterocycles. The highest BCUT2D eigenvalue weighted by molar-refractivity contribution is 5.97. The summed E-state index contributed by atoms with van der Waals surface area (Å²) in [6.45, 7) is 14.3. The number of furan rings is 1. The summed E-state index contributed by atoms with van der Waals surface area (Å²) in [6.07, 6.45) is 2.05. The Morgan fingerprint density at radius 2 is 1.93 bits per heavy atom. The van der Waals surface area contributed by atoms with Crippen molar-refractivity contribution in [3.8, 4) is 0 Å². The highest BCUT2D eigenvalue weighted by atomic mass is 16.3. The number of hydrogen-bond donors (Lipinski definition) is 1. The molecular formula is C25H35N3O2. The molecule has 0 aliphatic carbocycles. The van der Waals surface area contributed by atoms with Crippen molar-refractivity contribution < 1.29 is 9.21 Å². The number of nitrogens with zero attached hydrogens (tertiary/aromatic N) is 2. The number of benzene rings is 1. The lowest BCUT2D eigenvalue weighted by Gasteiger charge is -2.20. The third-order valence-corrected chi connectivity index (χ3v) is 5.75. The highest BCUT2D eigenvalue weighted by Crippen LogP contribution is 2.25. The molecule has 0 aliphatic rings. The molecule has 1 unspecified atom stereocenters. The maximum absolute atomic E-state index is 13.1. The van der Waals surface area contributed by atoms with Crippen LogP contribution in [0.5, 0.6) is 0 Å². The second-order valence-corrected chi connectivity index (χ2v) is 8.25. The first-order valence-corrected chi connectivity index (χ1v) is 11.1. The van der Waals surface area contributed by atoms with E-state index in [-0.39, 0.29) is 11.9 Å². The second-order valence-electron chi connectivity index (χ2n) is 8.25. The lowest BCUT2D eigenvalue weighted by molar-refractivity contribution is 0.0928. The molecule has 1 N–H and O–H groups in total. The van der Waals surface area contributed by atoms with E-state index in [1.165, 1.54) is 11.1 Å². The first-order valence-electron chi connectivity index (χ1n) is 11.1. The zero-order valence-electron chi connectivity index (χ0n) is 19.0. The van der Waals surface area contributed by atoms with Crippen molar-refractivity contribution >= 4 is 17.0 Å². The molecule has 5 heteroatoms. The van der Waals surface area contributed by atoms with Gasteiger partial charge in [-0.3, -0.25) is 4.79 Å².